The van der Waals surface area contributed by atoms with Gasteiger partial charge in [0, 0.05) is 11.3 Å². The van der Waals surface area contributed by atoms with E-state index in [9.17, 15) is 9.18 Å². The van der Waals surface area contributed by atoms with Crippen LogP contribution in [0.15, 0.2) is 15.3 Å². The average Bonchev–Trinajstić information content (AvgIpc) is 2.61. The number of rotatable bonds is 0. The van der Waals surface area contributed by atoms with Crippen LogP contribution in [0, 0.1) is 12.7 Å². The Balaban J connectivity index is 2.44. The van der Waals surface area contributed by atoms with Crippen LogP contribution in [0.2, 0.25) is 0 Å². The van der Waals surface area contributed by atoms with E-state index in [1.165, 1.54) is 0 Å². The summed E-state index contributed by atoms with van der Waals surface area (Å²) in [6, 6.07) is 1.72. The van der Waals surface area contributed by atoms with Crippen LogP contribution in [0.4, 0.5) is 4.39 Å². The molecule has 1 aromatic carbocycles. The van der Waals surface area contributed by atoms with Gasteiger partial charge >= 0.3 is 0 Å². The highest BCUT2D eigenvalue weighted by molar-refractivity contribution is 9.10. The van der Waals surface area contributed by atoms with Gasteiger partial charge in [-0.15, -0.1) is 0 Å². The van der Waals surface area contributed by atoms with Crippen LogP contribution in [0.1, 0.15) is 36.1 Å². The molecule has 0 spiro atoms. The Bertz CT molecular complexity index is 720. The molecule has 0 fully saturated rings. The highest BCUT2D eigenvalue weighted by Crippen LogP contribution is 2.27. The molecule has 1 N–H and O–H groups in total. The van der Waals surface area contributed by atoms with Gasteiger partial charge in [0.15, 0.2) is 11.2 Å². The second-order valence-electron chi connectivity index (χ2n) is 5.21. The normalized spacial score (nSPS) is 15.3. The minimum atomic E-state index is -0.450. The summed E-state index contributed by atoms with van der Waals surface area (Å²) in [7, 11) is 0. The molecule has 2 aromatic rings. The Morgan fingerprint density at radius 2 is 2.00 bits per heavy atom. The first-order valence-corrected chi connectivity index (χ1v) is 7.41. The third kappa shape index (κ3) is 2.02. The lowest BCUT2D eigenvalue weighted by Gasteiger charge is -2.11. The second-order valence-corrected chi connectivity index (χ2v) is 6.07. The van der Waals surface area contributed by atoms with E-state index in [1.54, 1.807) is 6.07 Å². The number of halogens is 2. The van der Waals surface area contributed by atoms with Gasteiger partial charge in [0.05, 0.1) is 15.4 Å². The van der Waals surface area contributed by atoms with E-state index in [1.807, 2.05) is 6.92 Å². The van der Waals surface area contributed by atoms with E-state index in [0.717, 1.165) is 48.9 Å². The predicted molar refractivity (Wildman–Crippen MR) is 78.2 cm³/mol. The zero-order valence-corrected chi connectivity index (χ0v) is 12.4. The van der Waals surface area contributed by atoms with Gasteiger partial charge in [-0.2, -0.15) is 0 Å². The molecule has 0 bridgehead atoms. The highest BCUT2D eigenvalue weighted by Gasteiger charge is 2.19. The number of aromatic amines is 1. The molecule has 1 heterocycles. The molecule has 1 aliphatic rings. The minimum absolute atomic E-state index is 0.132. The molecule has 3 rings (SSSR count). The molecular weight excluding hydrogens is 309 g/mol. The SMILES string of the molecule is Cc1cc(Br)c(F)c2c(=O)c3c([nH]c12)CCCCC3. The van der Waals surface area contributed by atoms with Crippen LogP contribution in [0.25, 0.3) is 10.9 Å². The number of pyridine rings is 1. The molecule has 2 nitrogen and oxygen atoms in total. The Morgan fingerprint density at radius 1 is 1.26 bits per heavy atom. The molecule has 1 aliphatic carbocycles. The second kappa shape index (κ2) is 4.75. The fourth-order valence-electron chi connectivity index (χ4n) is 2.90. The molecule has 0 atom stereocenters. The van der Waals surface area contributed by atoms with Crippen molar-refractivity contribution in [3.05, 3.63) is 43.4 Å². The average molecular weight is 324 g/mol. The van der Waals surface area contributed by atoms with E-state index in [4.69, 9.17) is 0 Å². The first-order valence-electron chi connectivity index (χ1n) is 6.62. The summed E-state index contributed by atoms with van der Waals surface area (Å²) in [4.78, 5) is 15.9. The lowest BCUT2D eigenvalue weighted by molar-refractivity contribution is 0.631. The van der Waals surface area contributed by atoms with Crippen LogP contribution < -0.4 is 5.43 Å². The van der Waals surface area contributed by atoms with Gasteiger partial charge in [-0.1, -0.05) is 6.42 Å². The van der Waals surface area contributed by atoms with Crippen molar-refractivity contribution in [3.8, 4) is 0 Å². The first kappa shape index (κ1) is 12.9. The molecule has 0 radical (unpaired) electrons. The van der Waals surface area contributed by atoms with Gasteiger partial charge in [0.2, 0.25) is 0 Å². The Morgan fingerprint density at radius 3 is 2.79 bits per heavy atom. The van der Waals surface area contributed by atoms with E-state index < -0.39 is 5.82 Å². The highest BCUT2D eigenvalue weighted by atomic mass is 79.9. The number of H-pyrrole nitrogens is 1. The largest absolute Gasteiger partial charge is 0.358 e. The van der Waals surface area contributed by atoms with Gasteiger partial charge in [-0.05, 0) is 60.2 Å². The molecule has 0 amide bonds. The zero-order chi connectivity index (χ0) is 13.6. The van der Waals surface area contributed by atoms with E-state index in [0.29, 0.717) is 9.99 Å². The summed E-state index contributed by atoms with van der Waals surface area (Å²) in [5.41, 5.74) is 3.19. The van der Waals surface area contributed by atoms with Crippen molar-refractivity contribution < 1.29 is 4.39 Å². The minimum Gasteiger partial charge on any atom is -0.358 e. The summed E-state index contributed by atoms with van der Waals surface area (Å²) >= 11 is 3.19. The summed E-state index contributed by atoms with van der Waals surface area (Å²) in [5, 5.41) is 0.201. The van der Waals surface area contributed by atoms with E-state index >= 15 is 0 Å². The molecule has 100 valence electrons. The molecule has 0 saturated carbocycles. The quantitative estimate of drug-likeness (QED) is 0.730. The maximum absolute atomic E-state index is 14.2. The fraction of sp³-hybridized carbons (Fsp3) is 0.400. The maximum atomic E-state index is 14.2. The number of nitrogens with one attached hydrogen (secondary N) is 1. The van der Waals surface area contributed by atoms with Crippen molar-refractivity contribution in [3.63, 3.8) is 0 Å². The summed E-state index contributed by atoms with van der Waals surface area (Å²) in [6.45, 7) is 1.89. The van der Waals surface area contributed by atoms with Gasteiger partial charge in [-0.3, -0.25) is 4.79 Å². The van der Waals surface area contributed by atoms with Crippen molar-refractivity contribution in [2.45, 2.75) is 39.0 Å². The zero-order valence-electron chi connectivity index (χ0n) is 10.8. The molecule has 0 aliphatic heterocycles. The van der Waals surface area contributed by atoms with Crippen molar-refractivity contribution in [1.29, 1.82) is 0 Å². The van der Waals surface area contributed by atoms with Crippen molar-refractivity contribution >= 4 is 26.8 Å². The standard InChI is InChI=1S/C15H15BrFNO/c1-8-7-10(16)13(17)12-14(8)18-11-6-4-2-3-5-9(11)15(12)19/h7H,2-6H2,1H3,(H,18,19). The smallest absolute Gasteiger partial charge is 0.195 e. The Hall–Kier alpha value is -1.16. The number of aromatic nitrogens is 1. The van der Waals surface area contributed by atoms with Gasteiger partial charge in [0.25, 0.3) is 0 Å². The number of benzene rings is 1. The van der Waals surface area contributed by atoms with Gasteiger partial charge in [0.1, 0.15) is 0 Å². The van der Waals surface area contributed by atoms with Crippen LogP contribution >= 0.6 is 15.9 Å². The summed E-state index contributed by atoms with van der Waals surface area (Å²) < 4.78 is 14.6. The van der Waals surface area contributed by atoms with Crippen LogP contribution in [0.3, 0.4) is 0 Å². The van der Waals surface area contributed by atoms with E-state index in [-0.39, 0.29) is 10.8 Å². The van der Waals surface area contributed by atoms with Crippen molar-refractivity contribution in [1.82, 2.24) is 4.98 Å². The van der Waals surface area contributed by atoms with Crippen LogP contribution in [0.5, 0.6) is 0 Å². The lowest BCUT2D eigenvalue weighted by Crippen LogP contribution is -2.16. The topological polar surface area (TPSA) is 32.9 Å². The van der Waals surface area contributed by atoms with Crippen molar-refractivity contribution in [2.24, 2.45) is 0 Å². The van der Waals surface area contributed by atoms with Crippen LogP contribution in [-0.2, 0) is 12.8 Å². The Kier molecular flexibility index (Phi) is 3.21. The summed E-state index contributed by atoms with van der Waals surface area (Å²) in [5.74, 6) is -0.450. The molecule has 4 heteroatoms. The van der Waals surface area contributed by atoms with Crippen molar-refractivity contribution in [2.75, 3.05) is 0 Å². The lowest BCUT2D eigenvalue weighted by atomic mass is 10.0. The molecule has 1 aromatic heterocycles. The monoisotopic (exact) mass is 323 g/mol. The number of aryl methyl sites for hydroxylation is 2. The van der Waals surface area contributed by atoms with Crippen LogP contribution in [-0.4, -0.2) is 4.98 Å². The molecule has 0 saturated heterocycles. The number of fused-ring (bicyclic) bond motifs is 2. The van der Waals surface area contributed by atoms with Gasteiger partial charge < -0.3 is 4.98 Å². The third-order valence-corrected chi connectivity index (χ3v) is 4.49. The first-order chi connectivity index (χ1) is 9.09. The molecule has 0 unspecified atom stereocenters. The number of hydrogen-bond acceptors (Lipinski definition) is 1. The third-order valence-electron chi connectivity index (χ3n) is 3.91. The molecular formula is C15H15BrFNO. The van der Waals surface area contributed by atoms with Gasteiger partial charge in [-0.25, -0.2) is 4.39 Å². The predicted octanol–water partition coefficient (Wildman–Crippen LogP) is 4.01. The van der Waals surface area contributed by atoms with E-state index in [2.05, 4.69) is 20.9 Å². The molecule has 19 heavy (non-hydrogen) atoms. The maximum Gasteiger partial charge on any atom is 0.195 e. The fourth-order valence-corrected chi connectivity index (χ4v) is 3.44. The Labute approximate surface area is 119 Å². The summed E-state index contributed by atoms with van der Waals surface area (Å²) in [6.07, 6.45) is 4.87. The number of hydrogen-bond donors (Lipinski definition) is 1.